The van der Waals surface area contributed by atoms with Gasteiger partial charge >= 0.3 is 0 Å². The first kappa shape index (κ1) is 38.4. The van der Waals surface area contributed by atoms with Gasteiger partial charge in [-0.3, -0.25) is 0 Å². The predicted octanol–water partition coefficient (Wildman–Crippen LogP) is 4.40. The monoisotopic (exact) mass is 774 g/mol. The van der Waals surface area contributed by atoms with Crippen LogP contribution in [0.3, 0.4) is 0 Å². The minimum absolute atomic E-state index is 0.194. The Morgan fingerprint density at radius 2 is 1.32 bits per heavy atom. The van der Waals surface area contributed by atoms with Crippen molar-refractivity contribution in [2.24, 2.45) is 0 Å². The fraction of sp³-hybridized carbons (Fsp3) is 0.429. The molecule has 8 N–H and O–H groups in total. The van der Waals surface area contributed by atoms with Gasteiger partial charge in [0.05, 0.1) is 42.8 Å². The third-order valence-corrected chi connectivity index (χ3v) is 11.2. The molecule has 0 saturated carbocycles. The summed E-state index contributed by atoms with van der Waals surface area (Å²) in [7, 11) is 0. The van der Waals surface area contributed by atoms with Crippen LogP contribution >= 0.6 is 0 Å². The Labute approximate surface area is 332 Å². The van der Waals surface area contributed by atoms with Crippen LogP contribution in [0.5, 0.6) is 0 Å². The van der Waals surface area contributed by atoms with Crippen LogP contribution in [0.2, 0.25) is 0 Å². The van der Waals surface area contributed by atoms with Crippen molar-refractivity contribution in [1.82, 2.24) is 34.5 Å². The first-order valence-corrected chi connectivity index (χ1v) is 20.0. The molecule has 0 aliphatic carbocycles. The topological polar surface area (TPSA) is 184 Å². The van der Waals surface area contributed by atoms with Crippen molar-refractivity contribution in [2.45, 2.75) is 89.4 Å². The molecule has 0 spiro atoms. The van der Waals surface area contributed by atoms with Gasteiger partial charge in [0.2, 0.25) is 0 Å². The van der Waals surface area contributed by atoms with Gasteiger partial charge < -0.3 is 46.8 Å². The highest BCUT2D eigenvalue weighted by atomic mass is 16.3. The molecule has 0 radical (unpaired) electrons. The van der Waals surface area contributed by atoms with Crippen molar-refractivity contribution in [1.29, 1.82) is 0 Å². The minimum atomic E-state index is -0.853. The van der Waals surface area contributed by atoms with Crippen LogP contribution in [0.25, 0.3) is 11.3 Å². The molecule has 15 nitrogen and oxygen atoms in total. The van der Waals surface area contributed by atoms with Crippen LogP contribution in [0.1, 0.15) is 68.2 Å². The Kier molecular flexibility index (Phi) is 11.1. The number of para-hydroxylation sites is 1. The average molecular weight is 775 g/mol. The van der Waals surface area contributed by atoms with Crippen LogP contribution in [0.15, 0.2) is 79.1 Å². The molecule has 5 unspecified atom stereocenters. The molecule has 4 aromatic heterocycles. The number of aliphatic hydroxyl groups is 3. The van der Waals surface area contributed by atoms with E-state index in [1.54, 1.807) is 0 Å². The summed E-state index contributed by atoms with van der Waals surface area (Å²) in [5.41, 5.74) is 6.94. The third-order valence-electron chi connectivity index (χ3n) is 11.2. The largest absolute Gasteiger partial charge is 0.391 e. The number of hydrogen-bond donors (Lipinski definition) is 8. The fourth-order valence-corrected chi connectivity index (χ4v) is 7.90. The second kappa shape index (κ2) is 16.5. The number of benzene rings is 2. The van der Waals surface area contributed by atoms with E-state index in [9.17, 15) is 15.3 Å². The number of rotatable bonds is 15. The Morgan fingerprint density at radius 1 is 0.719 bits per heavy atom. The molecular weight excluding hydrogens is 721 g/mol. The summed E-state index contributed by atoms with van der Waals surface area (Å²) in [4.78, 5) is 12.2. The van der Waals surface area contributed by atoms with Gasteiger partial charge in [-0.05, 0) is 35.4 Å². The molecule has 2 fully saturated rings. The van der Waals surface area contributed by atoms with Crippen molar-refractivity contribution >= 4 is 40.3 Å². The highest BCUT2D eigenvalue weighted by Gasteiger charge is 2.35. The molecule has 8 rings (SSSR count). The van der Waals surface area contributed by atoms with E-state index in [-0.39, 0.29) is 23.9 Å². The lowest BCUT2D eigenvalue weighted by molar-refractivity contribution is 0.0427. The molecule has 2 aliphatic heterocycles. The van der Waals surface area contributed by atoms with Crippen molar-refractivity contribution < 1.29 is 15.3 Å². The Hall–Kier alpha value is -5.48. The van der Waals surface area contributed by atoms with Gasteiger partial charge in [-0.2, -0.15) is 19.2 Å². The molecule has 6 heterocycles. The number of aliphatic hydroxyl groups excluding tert-OH is 3. The number of β-amino-alcohol motifs (C(OH)–C–C–N with tert-alkyl or cyclic N) is 1. The Bertz CT molecular complexity index is 2290. The zero-order valence-electron chi connectivity index (χ0n) is 33.0. The molecule has 0 amide bonds. The quantitative estimate of drug-likeness (QED) is 0.0736. The number of nitrogens with zero attached hydrogens (tertiary/aromatic N) is 7. The number of nitrogens with one attached hydrogen (secondary N) is 5. The highest BCUT2D eigenvalue weighted by Crippen LogP contribution is 2.32. The fourth-order valence-electron chi connectivity index (χ4n) is 7.90. The maximum atomic E-state index is 11.4. The summed E-state index contributed by atoms with van der Waals surface area (Å²) in [5, 5.41) is 58.5. The van der Waals surface area contributed by atoms with Crippen molar-refractivity contribution in [3.63, 3.8) is 0 Å². The van der Waals surface area contributed by atoms with Gasteiger partial charge in [-0.25, -0.2) is 9.97 Å². The zero-order valence-corrected chi connectivity index (χ0v) is 33.0. The SMILES string of the molecule is CC(C)c1cnn2c(NCc3ccccc3)cc(NCC3C(O)CCN3c3ccccc3CNc3cc(NCC4NCC(O)C4O)nc4c(C(C)C)cnn34)nc12. The highest BCUT2D eigenvalue weighted by molar-refractivity contribution is 5.64. The molecule has 57 heavy (non-hydrogen) atoms. The molecule has 6 aromatic rings. The standard InChI is InChI=1S/C42H54N12O3/c1-25(2)29-21-49-54-39(16-36(50-41(29)54)44-22-31-40(57)35(56)24-43-31)47-19-28-12-8-9-13-32(28)52-15-14-34(55)33(52)23-45-37-17-38(46-18-27-10-6-5-7-11-27)53-42(51-37)30(20-48-53)26(3)4/h5-13,16-17,20-21,25-26,31,33-35,40,43,46-47,55-57H,14-15,18-19,22-24H2,1-4H3,(H,44,50)(H,45,51). The van der Waals surface area contributed by atoms with Gasteiger partial charge in [0.15, 0.2) is 11.3 Å². The predicted molar refractivity (Wildman–Crippen MR) is 224 cm³/mol. The second-order valence-electron chi connectivity index (χ2n) is 15.8. The van der Waals surface area contributed by atoms with Gasteiger partial charge in [0, 0.05) is 68.2 Å². The van der Waals surface area contributed by atoms with Crippen LogP contribution in [0.4, 0.5) is 29.0 Å². The van der Waals surface area contributed by atoms with Gasteiger partial charge in [0.1, 0.15) is 23.3 Å². The van der Waals surface area contributed by atoms with E-state index in [0.717, 1.165) is 51.1 Å². The lowest BCUT2D eigenvalue weighted by Crippen LogP contribution is -2.41. The van der Waals surface area contributed by atoms with E-state index in [4.69, 9.17) is 15.1 Å². The van der Waals surface area contributed by atoms with Crippen molar-refractivity contribution in [3.05, 3.63) is 101 Å². The molecule has 15 heteroatoms. The van der Waals surface area contributed by atoms with Gasteiger partial charge in [0.25, 0.3) is 0 Å². The smallest absolute Gasteiger partial charge is 0.163 e. The number of aromatic nitrogens is 6. The molecule has 0 bridgehead atoms. The van der Waals surface area contributed by atoms with E-state index in [1.807, 2.05) is 63.9 Å². The summed E-state index contributed by atoms with van der Waals surface area (Å²) in [6, 6.07) is 22.0. The molecule has 300 valence electrons. The number of hydrogen-bond acceptors (Lipinski definition) is 13. The van der Waals surface area contributed by atoms with E-state index in [2.05, 4.69) is 88.5 Å². The first-order chi connectivity index (χ1) is 27.6. The maximum Gasteiger partial charge on any atom is 0.163 e. The van der Waals surface area contributed by atoms with Crippen LogP contribution < -0.4 is 31.5 Å². The van der Waals surface area contributed by atoms with Crippen molar-refractivity contribution in [3.8, 4) is 0 Å². The number of fused-ring (bicyclic) bond motifs is 2. The van der Waals surface area contributed by atoms with Crippen LogP contribution in [0, 0.1) is 0 Å². The average Bonchev–Trinajstić information content (AvgIpc) is 4.00. The third kappa shape index (κ3) is 8.05. The zero-order chi connectivity index (χ0) is 39.6. The van der Waals surface area contributed by atoms with E-state index in [0.29, 0.717) is 51.5 Å². The lowest BCUT2D eigenvalue weighted by atomic mass is 10.1. The minimum Gasteiger partial charge on any atom is -0.391 e. The Balaban J connectivity index is 1.01. The van der Waals surface area contributed by atoms with Gasteiger partial charge in [-0.1, -0.05) is 76.2 Å². The first-order valence-electron chi connectivity index (χ1n) is 20.0. The van der Waals surface area contributed by atoms with Crippen LogP contribution in [-0.2, 0) is 13.1 Å². The molecule has 2 aliphatic rings. The summed E-state index contributed by atoms with van der Waals surface area (Å²) in [6.07, 6.45) is 2.24. The van der Waals surface area contributed by atoms with Crippen LogP contribution in [-0.4, -0.2) is 101 Å². The van der Waals surface area contributed by atoms with E-state index < -0.39 is 18.3 Å². The van der Waals surface area contributed by atoms with E-state index in [1.165, 1.54) is 5.56 Å². The summed E-state index contributed by atoms with van der Waals surface area (Å²) in [5.74, 6) is 3.43. The Morgan fingerprint density at radius 3 is 1.93 bits per heavy atom. The molecular formula is C42H54N12O3. The summed E-state index contributed by atoms with van der Waals surface area (Å²) < 4.78 is 3.70. The molecule has 2 saturated heterocycles. The normalized spacial score (nSPS) is 21.0. The van der Waals surface area contributed by atoms with Gasteiger partial charge in [-0.15, -0.1) is 0 Å². The second-order valence-corrected chi connectivity index (χ2v) is 15.8. The maximum absolute atomic E-state index is 11.4. The van der Waals surface area contributed by atoms with E-state index >= 15 is 0 Å². The van der Waals surface area contributed by atoms with Crippen molar-refractivity contribution in [2.75, 3.05) is 52.3 Å². The lowest BCUT2D eigenvalue weighted by Gasteiger charge is -2.30. The summed E-state index contributed by atoms with van der Waals surface area (Å²) in [6.45, 7) is 11.6. The number of anilines is 5. The molecule has 5 atom stereocenters. The molecule has 2 aromatic carbocycles. The summed E-state index contributed by atoms with van der Waals surface area (Å²) >= 11 is 0.